The van der Waals surface area contributed by atoms with E-state index in [0.29, 0.717) is 5.69 Å². The Morgan fingerprint density at radius 2 is 2.26 bits per heavy atom. The number of hydrogen-bond donors (Lipinski definition) is 2. The molecular formula is C10H8BrFN4O2S. The minimum Gasteiger partial charge on any atom is -0.610 e. The quantitative estimate of drug-likeness (QED) is 0.504. The molecule has 0 aliphatic heterocycles. The van der Waals surface area contributed by atoms with Gasteiger partial charge in [-0.1, -0.05) is 0 Å². The molecule has 0 spiro atoms. The SMILES string of the molecule is C[S+]([O-])c1nonc1C(=N)Nc1ccc(F)c(Br)c1. The summed E-state index contributed by atoms with van der Waals surface area (Å²) in [5.74, 6) is -0.541. The summed E-state index contributed by atoms with van der Waals surface area (Å²) in [6.07, 6.45) is 1.41. The van der Waals surface area contributed by atoms with Gasteiger partial charge in [0.25, 0.3) is 0 Å². The lowest BCUT2D eigenvalue weighted by Gasteiger charge is -2.07. The smallest absolute Gasteiger partial charge is 0.314 e. The molecule has 100 valence electrons. The summed E-state index contributed by atoms with van der Waals surface area (Å²) in [5, 5.41) is 17.6. The van der Waals surface area contributed by atoms with Gasteiger partial charge < -0.3 is 9.87 Å². The average molecular weight is 347 g/mol. The molecular weight excluding hydrogens is 339 g/mol. The lowest BCUT2D eigenvalue weighted by Crippen LogP contribution is -2.16. The minimum absolute atomic E-state index is 0.0567. The maximum Gasteiger partial charge on any atom is 0.314 e. The van der Waals surface area contributed by atoms with Gasteiger partial charge in [0.05, 0.1) is 4.47 Å². The highest BCUT2D eigenvalue weighted by Crippen LogP contribution is 2.21. The Balaban J connectivity index is 2.21. The van der Waals surface area contributed by atoms with Crippen LogP contribution in [0.2, 0.25) is 0 Å². The first kappa shape index (κ1) is 14.0. The Bertz CT molecular complexity index is 619. The Labute approximate surface area is 119 Å². The Hall–Kier alpha value is -1.45. The predicted molar refractivity (Wildman–Crippen MR) is 71.2 cm³/mol. The second-order valence-electron chi connectivity index (χ2n) is 3.50. The molecule has 0 radical (unpaired) electrons. The number of hydrogen-bond acceptors (Lipinski definition) is 5. The van der Waals surface area contributed by atoms with Crippen LogP contribution < -0.4 is 5.32 Å². The van der Waals surface area contributed by atoms with Gasteiger partial charge in [0, 0.05) is 22.0 Å². The number of nitrogens with zero attached hydrogens (tertiary/aromatic N) is 2. The van der Waals surface area contributed by atoms with Crippen LogP contribution in [0.25, 0.3) is 0 Å². The minimum atomic E-state index is -1.41. The molecule has 0 aliphatic rings. The van der Waals surface area contributed by atoms with Crippen molar-refractivity contribution in [2.45, 2.75) is 5.03 Å². The highest BCUT2D eigenvalue weighted by Gasteiger charge is 2.23. The van der Waals surface area contributed by atoms with Crippen molar-refractivity contribution in [3.05, 3.63) is 34.2 Å². The summed E-state index contributed by atoms with van der Waals surface area (Å²) >= 11 is 1.63. The maximum atomic E-state index is 13.1. The molecule has 1 aromatic carbocycles. The predicted octanol–water partition coefficient (Wildman–Crippen LogP) is 2.15. The molecule has 0 aliphatic carbocycles. The monoisotopic (exact) mass is 346 g/mol. The Kier molecular flexibility index (Phi) is 4.17. The molecule has 1 aromatic heterocycles. The number of anilines is 1. The van der Waals surface area contributed by atoms with Crippen LogP contribution in [0.1, 0.15) is 5.69 Å². The van der Waals surface area contributed by atoms with Crippen LogP contribution in [-0.2, 0) is 11.2 Å². The van der Waals surface area contributed by atoms with E-state index >= 15 is 0 Å². The molecule has 0 fully saturated rings. The second-order valence-corrected chi connectivity index (χ2v) is 5.65. The van der Waals surface area contributed by atoms with Gasteiger partial charge >= 0.3 is 5.03 Å². The standard InChI is InChI=1S/C10H8BrFN4O2S/c1-19(17)10-8(15-18-16-10)9(13)14-5-2-3-7(12)6(11)4-5/h2-4H,1H3,(H2,13,14). The normalized spacial score (nSPS) is 12.2. The summed E-state index contributed by atoms with van der Waals surface area (Å²) in [6.45, 7) is 0. The molecule has 0 saturated heterocycles. The third-order valence-electron chi connectivity index (χ3n) is 2.16. The van der Waals surface area contributed by atoms with Gasteiger partial charge in [0.1, 0.15) is 12.1 Å². The molecule has 1 unspecified atom stereocenters. The van der Waals surface area contributed by atoms with Gasteiger partial charge in [0.2, 0.25) is 5.69 Å². The summed E-state index contributed by atoms with van der Waals surface area (Å²) in [7, 11) is 0. The van der Waals surface area contributed by atoms with Crippen molar-refractivity contribution < 1.29 is 13.6 Å². The lowest BCUT2D eigenvalue weighted by molar-refractivity contribution is 0.297. The fraction of sp³-hybridized carbons (Fsp3) is 0.100. The zero-order chi connectivity index (χ0) is 14.0. The fourth-order valence-electron chi connectivity index (χ4n) is 1.30. The van der Waals surface area contributed by atoms with Crippen LogP contribution in [-0.4, -0.2) is 27.0 Å². The number of aromatic nitrogens is 2. The number of benzene rings is 1. The maximum absolute atomic E-state index is 13.1. The number of halogens is 2. The van der Waals surface area contributed by atoms with E-state index in [-0.39, 0.29) is 21.0 Å². The van der Waals surface area contributed by atoms with Crippen molar-refractivity contribution in [1.82, 2.24) is 10.3 Å². The summed E-state index contributed by atoms with van der Waals surface area (Å²) < 4.78 is 29.2. The Morgan fingerprint density at radius 3 is 2.89 bits per heavy atom. The van der Waals surface area contributed by atoms with Gasteiger partial charge in [0.15, 0.2) is 5.84 Å². The van der Waals surface area contributed by atoms with E-state index in [1.54, 1.807) is 0 Å². The second kappa shape index (κ2) is 5.68. The zero-order valence-electron chi connectivity index (χ0n) is 9.61. The van der Waals surface area contributed by atoms with Crippen molar-refractivity contribution in [2.24, 2.45) is 0 Å². The van der Waals surface area contributed by atoms with Crippen molar-refractivity contribution in [3.63, 3.8) is 0 Å². The average Bonchev–Trinajstić information content (AvgIpc) is 2.83. The van der Waals surface area contributed by atoms with Gasteiger partial charge in [-0.3, -0.25) is 5.41 Å². The van der Waals surface area contributed by atoms with E-state index in [0.717, 1.165) is 0 Å². The van der Waals surface area contributed by atoms with E-state index in [1.165, 1.54) is 24.5 Å². The van der Waals surface area contributed by atoms with Crippen LogP contribution in [0.3, 0.4) is 0 Å². The first-order chi connectivity index (χ1) is 8.99. The van der Waals surface area contributed by atoms with Crippen molar-refractivity contribution in [2.75, 3.05) is 11.6 Å². The van der Waals surface area contributed by atoms with Gasteiger partial charge in [-0.15, -0.1) is 0 Å². The van der Waals surface area contributed by atoms with Gasteiger partial charge in [-0.2, -0.15) is 0 Å². The van der Waals surface area contributed by atoms with Gasteiger partial charge in [-0.05, 0) is 39.3 Å². The molecule has 0 saturated carbocycles. The van der Waals surface area contributed by atoms with Crippen molar-refractivity contribution in [3.8, 4) is 0 Å². The molecule has 1 atom stereocenters. The van der Waals surface area contributed by atoms with Crippen LogP contribution in [0.5, 0.6) is 0 Å². The third kappa shape index (κ3) is 3.11. The molecule has 2 N–H and O–H groups in total. The Morgan fingerprint density at radius 1 is 1.53 bits per heavy atom. The number of nitrogens with one attached hydrogen (secondary N) is 2. The van der Waals surface area contributed by atoms with Crippen LogP contribution in [0.4, 0.5) is 10.1 Å². The van der Waals surface area contributed by atoms with E-state index in [2.05, 4.69) is 36.2 Å². The number of rotatable bonds is 3. The van der Waals surface area contributed by atoms with E-state index < -0.39 is 17.0 Å². The lowest BCUT2D eigenvalue weighted by atomic mass is 10.3. The summed E-state index contributed by atoms with van der Waals surface area (Å²) in [6, 6.07) is 4.18. The molecule has 1 heterocycles. The molecule has 0 bridgehead atoms. The van der Waals surface area contributed by atoms with Crippen molar-refractivity contribution in [1.29, 1.82) is 5.41 Å². The van der Waals surface area contributed by atoms with Crippen LogP contribution >= 0.6 is 15.9 Å². The highest BCUT2D eigenvalue weighted by molar-refractivity contribution is 9.10. The van der Waals surface area contributed by atoms with Crippen LogP contribution in [0, 0.1) is 11.2 Å². The van der Waals surface area contributed by atoms with E-state index in [1.807, 2.05) is 0 Å². The first-order valence-corrected chi connectivity index (χ1v) is 7.31. The van der Waals surface area contributed by atoms with E-state index in [9.17, 15) is 8.94 Å². The molecule has 19 heavy (non-hydrogen) atoms. The third-order valence-corrected chi connectivity index (χ3v) is 3.58. The first-order valence-electron chi connectivity index (χ1n) is 4.96. The molecule has 2 rings (SSSR count). The summed E-state index contributed by atoms with van der Waals surface area (Å²) in [4.78, 5) is 0. The molecule has 9 heteroatoms. The van der Waals surface area contributed by atoms with Crippen molar-refractivity contribution >= 4 is 38.6 Å². The molecule has 2 aromatic rings. The highest BCUT2D eigenvalue weighted by atomic mass is 79.9. The zero-order valence-corrected chi connectivity index (χ0v) is 12.0. The largest absolute Gasteiger partial charge is 0.610 e. The molecule has 6 nitrogen and oxygen atoms in total. The van der Waals surface area contributed by atoms with Gasteiger partial charge in [-0.25, -0.2) is 9.02 Å². The summed E-state index contributed by atoms with van der Waals surface area (Å²) in [5.41, 5.74) is 0.537. The van der Waals surface area contributed by atoms with E-state index in [4.69, 9.17) is 5.41 Å². The number of amidine groups is 1. The van der Waals surface area contributed by atoms with Crippen LogP contribution in [0.15, 0.2) is 32.3 Å². The molecule has 0 amide bonds. The topological polar surface area (TPSA) is 97.9 Å². The fourth-order valence-corrected chi connectivity index (χ4v) is 2.23.